The fourth-order valence-corrected chi connectivity index (χ4v) is 2.30. The maximum absolute atomic E-state index is 12.0. The predicted molar refractivity (Wildman–Crippen MR) is 79.0 cm³/mol. The van der Waals surface area contributed by atoms with E-state index in [9.17, 15) is 4.79 Å². The topological polar surface area (TPSA) is 83.8 Å². The summed E-state index contributed by atoms with van der Waals surface area (Å²) in [6, 6.07) is 7.64. The van der Waals surface area contributed by atoms with Gasteiger partial charge in [-0.3, -0.25) is 10.1 Å². The molecule has 1 amide bonds. The zero-order chi connectivity index (χ0) is 14.8. The largest absolute Gasteiger partial charge is 0.361 e. The number of imidazole rings is 1. The highest BCUT2D eigenvalue weighted by atomic mass is 16.5. The summed E-state index contributed by atoms with van der Waals surface area (Å²) >= 11 is 0. The molecule has 2 aromatic heterocycles. The Bertz CT molecular complexity index is 735. The van der Waals surface area contributed by atoms with Crippen molar-refractivity contribution in [1.29, 1.82) is 0 Å². The van der Waals surface area contributed by atoms with Crippen LogP contribution >= 0.6 is 0 Å². The van der Waals surface area contributed by atoms with Crippen molar-refractivity contribution in [3.05, 3.63) is 41.3 Å². The van der Waals surface area contributed by atoms with Crippen LogP contribution in [0, 0.1) is 13.8 Å². The highest BCUT2D eigenvalue weighted by Crippen LogP contribution is 2.16. The number of benzene rings is 1. The molecule has 0 aliphatic heterocycles. The molecule has 21 heavy (non-hydrogen) atoms. The number of carbonyl (C=O) groups is 1. The molecule has 3 aromatic rings. The van der Waals surface area contributed by atoms with E-state index in [2.05, 4.69) is 20.4 Å². The number of aromatic amines is 1. The fraction of sp³-hybridized carbons (Fsp3) is 0.267. The number of carbonyl (C=O) groups excluding carboxylic acids is 1. The third kappa shape index (κ3) is 2.79. The normalized spacial score (nSPS) is 11.0. The second kappa shape index (κ2) is 5.40. The highest BCUT2D eigenvalue weighted by molar-refractivity contribution is 5.91. The van der Waals surface area contributed by atoms with Gasteiger partial charge in [0, 0.05) is 12.0 Å². The number of aryl methyl sites for hydroxylation is 2. The number of amides is 1. The number of rotatable bonds is 4. The molecule has 1 aromatic carbocycles. The lowest BCUT2D eigenvalue weighted by Gasteiger charge is -2.01. The van der Waals surface area contributed by atoms with Gasteiger partial charge in [0.15, 0.2) is 0 Å². The molecule has 0 saturated heterocycles. The van der Waals surface area contributed by atoms with E-state index in [1.807, 2.05) is 38.1 Å². The average Bonchev–Trinajstić information content (AvgIpc) is 3.00. The molecule has 3 rings (SSSR count). The van der Waals surface area contributed by atoms with Crippen molar-refractivity contribution in [1.82, 2.24) is 15.1 Å². The van der Waals surface area contributed by atoms with E-state index in [0.29, 0.717) is 18.8 Å². The second-order valence-corrected chi connectivity index (χ2v) is 4.95. The van der Waals surface area contributed by atoms with Crippen molar-refractivity contribution in [3.63, 3.8) is 0 Å². The van der Waals surface area contributed by atoms with Gasteiger partial charge in [-0.15, -0.1) is 0 Å². The number of nitrogens with zero attached hydrogens (tertiary/aromatic N) is 2. The van der Waals surface area contributed by atoms with E-state index < -0.39 is 0 Å². The molecule has 6 heteroatoms. The summed E-state index contributed by atoms with van der Waals surface area (Å²) in [5, 5.41) is 6.66. The van der Waals surface area contributed by atoms with Crippen molar-refractivity contribution in [2.75, 3.05) is 5.32 Å². The Balaban J connectivity index is 1.64. The number of fused-ring (bicyclic) bond motifs is 1. The van der Waals surface area contributed by atoms with Gasteiger partial charge in [0.2, 0.25) is 11.9 Å². The first-order valence-corrected chi connectivity index (χ1v) is 6.80. The third-order valence-electron chi connectivity index (χ3n) is 3.43. The molecule has 0 fully saturated rings. The van der Waals surface area contributed by atoms with Crippen LogP contribution in [0.3, 0.4) is 0 Å². The first kappa shape index (κ1) is 13.4. The average molecular weight is 284 g/mol. The standard InChI is InChI=1S/C15H16N4O2/c1-9-11(10(2)21-19-9)7-8-14(20)18-15-16-12-5-3-4-6-13(12)17-15/h3-6H,7-8H2,1-2H3,(H2,16,17,18,20). The first-order chi connectivity index (χ1) is 10.1. The van der Waals surface area contributed by atoms with E-state index in [4.69, 9.17) is 4.52 Å². The van der Waals surface area contributed by atoms with Crippen molar-refractivity contribution in [2.24, 2.45) is 0 Å². The first-order valence-electron chi connectivity index (χ1n) is 6.80. The lowest BCUT2D eigenvalue weighted by atomic mass is 10.1. The molecule has 0 radical (unpaired) electrons. The third-order valence-corrected chi connectivity index (χ3v) is 3.43. The molecular weight excluding hydrogens is 268 g/mol. The van der Waals surface area contributed by atoms with Crippen LogP contribution in [-0.4, -0.2) is 21.0 Å². The van der Waals surface area contributed by atoms with Crippen LogP contribution in [0.5, 0.6) is 0 Å². The SMILES string of the molecule is Cc1noc(C)c1CCC(=O)Nc1nc2ccccc2[nH]1. The van der Waals surface area contributed by atoms with Gasteiger partial charge in [0.1, 0.15) is 5.76 Å². The summed E-state index contributed by atoms with van der Waals surface area (Å²) in [7, 11) is 0. The van der Waals surface area contributed by atoms with Gasteiger partial charge in [-0.25, -0.2) is 4.98 Å². The van der Waals surface area contributed by atoms with E-state index >= 15 is 0 Å². The monoisotopic (exact) mass is 284 g/mol. The van der Waals surface area contributed by atoms with Crippen molar-refractivity contribution >= 4 is 22.9 Å². The molecule has 0 bridgehead atoms. The van der Waals surface area contributed by atoms with Gasteiger partial charge in [-0.2, -0.15) is 0 Å². The zero-order valence-corrected chi connectivity index (χ0v) is 11.9. The Morgan fingerprint density at radius 2 is 2.14 bits per heavy atom. The van der Waals surface area contributed by atoms with Crippen LogP contribution in [0.15, 0.2) is 28.8 Å². The van der Waals surface area contributed by atoms with E-state index in [1.54, 1.807) is 0 Å². The van der Waals surface area contributed by atoms with E-state index in [-0.39, 0.29) is 5.91 Å². The number of aromatic nitrogens is 3. The molecule has 0 aliphatic carbocycles. The lowest BCUT2D eigenvalue weighted by Crippen LogP contribution is -2.13. The van der Waals surface area contributed by atoms with Gasteiger partial charge >= 0.3 is 0 Å². The molecule has 108 valence electrons. The molecule has 0 atom stereocenters. The Kier molecular flexibility index (Phi) is 3.43. The van der Waals surface area contributed by atoms with Crippen LogP contribution in [0.25, 0.3) is 11.0 Å². The Morgan fingerprint density at radius 1 is 1.33 bits per heavy atom. The van der Waals surface area contributed by atoms with Gasteiger partial charge in [0.25, 0.3) is 0 Å². The number of H-pyrrole nitrogens is 1. The summed E-state index contributed by atoms with van der Waals surface area (Å²) in [6.45, 7) is 3.73. The number of para-hydroxylation sites is 2. The second-order valence-electron chi connectivity index (χ2n) is 4.95. The smallest absolute Gasteiger partial charge is 0.227 e. The van der Waals surface area contributed by atoms with Gasteiger partial charge in [-0.1, -0.05) is 17.3 Å². The lowest BCUT2D eigenvalue weighted by molar-refractivity contribution is -0.116. The maximum Gasteiger partial charge on any atom is 0.227 e. The molecular formula is C15H16N4O2. The van der Waals surface area contributed by atoms with Crippen LogP contribution in [-0.2, 0) is 11.2 Å². The number of nitrogens with one attached hydrogen (secondary N) is 2. The van der Waals surface area contributed by atoms with Crippen molar-refractivity contribution < 1.29 is 9.32 Å². The van der Waals surface area contributed by atoms with E-state index in [0.717, 1.165) is 28.1 Å². The van der Waals surface area contributed by atoms with Crippen molar-refractivity contribution in [2.45, 2.75) is 26.7 Å². The maximum atomic E-state index is 12.0. The fourth-order valence-electron chi connectivity index (χ4n) is 2.30. The van der Waals surface area contributed by atoms with E-state index in [1.165, 1.54) is 0 Å². The minimum atomic E-state index is -0.0888. The Labute approximate surface area is 121 Å². The summed E-state index contributed by atoms with van der Waals surface area (Å²) in [6.07, 6.45) is 0.965. The minimum Gasteiger partial charge on any atom is -0.361 e. The summed E-state index contributed by atoms with van der Waals surface area (Å²) in [5.74, 6) is 1.15. The molecule has 0 unspecified atom stereocenters. The minimum absolute atomic E-state index is 0.0888. The molecule has 2 heterocycles. The molecule has 2 N–H and O–H groups in total. The Morgan fingerprint density at radius 3 is 2.86 bits per heavy atom. The molecule has 0 aliphatic rings. The van der Waals surface area contributed by atoms with Crippen LogP contribution in [0.2, 0.25) is 0 Å². The van der Waals surface area contributed by atoms with Gasteiger partial charge in [-0.05, 0) is 32.4 Å². The summed E-state index contributed by atoms with van der Waals surface area (Å²) in [5.41, 5.74) is 3.57. The zero-order valence-electron chi connectivity index (χ0n) is 11.9. The number of anilines is 1. The van der Waals surface area contributed by atoms with Crippen molar-refractivity contribution in [3.8, 4) is 0 Å². The Hall–Kier alpha value is -2.63. The number of hydrogen-bond acceptors (Lipinski definition) is 4. The highest BCUT2D eigenvalue weighted by Gasteiger charge is 2.12. The predicted octanol–water partition coefficient (Wildman–Crippen LogP) is 2.74. The van der Waals surface area contributed by atoms with Crippen LogP contribution < -0.4 is 5.32 Å². The van der Waals surface area contributed by atoms with Crippen LogP contribution in [0.4, 0.5) is 5.95 Å². The number of hydrogen-bond donors (Lipinski definition) is 2. The molecule has 6 nitrogen and oxygen atoms in total. The van der Waals surface area contributed by atoms with Gasteiger partial charge in [0.05, 0.1) is 16.7 Å². The summed E-state index contributed by atoms with van der Waals surface area (Å²) < 4.78 is 5.09. The molecule has 0 saturated carbocycles. The van der Waals surface area contributed by atoms with Crippen LogP contribution in [0.1, 0.15) is 23.4 Å². The van der Waals surface area contributed by atoms with Gasteiger partial charge < -0.3 is 9.51 Å². The molecule has 0 spiro atoms. The quantitative estimate of drug-likeness (QED) is 0.771. The summed E-state index contributed by atoms with van der Waals surface area (Å²) in [4.78, 5) is 19.4.